The van der Waals surface area contributed by atoms with Crippen molar-refractivity contribution in [3.63, 3.8) is 0 Å². The molecule has 0 spiro atoms. The van der Waals surface area contributed by atoms with E-state index in [1.54, 1.807) is 11.3 Å². The molecule has 0 aliphatic rings. The van der Waals surface area contributed by atoms with Crippen LogP contribution in [0.25, 0.3) is 0 Å². The lowest BCUT2D eigenvalue weighted by molar-refractivity contribution is 0.398. The van der Waals surface area contributed by atoms with Gasteiger partial charge < -0.3 is 5.73 Å². The highest BCUT2D eigenvalue weighted by atomic mass is 79.9. The number of rotatable bonds is 2. The summed E-state index contributed by atoms with van der Waals surface area (Å²) in [5.41, 5.74) is 5.45. The summed E-state index contributed by atoms with van der Waals surface area (Å²) in [7, 11) is 0. The predicted molar refractivity (Wildman–Crippen MR) is 58.3 cm³/mol. The van der Waals surface area contributed by atoms with Crippen LogP contribution in [0.4, 0.5) is 0 Å². The van der Waals surface area contributed by atoms with Crippen molar-refractivity contribution in [3.8, 4) is 6.07 Å². The molecule has 1 aromatic rings. The second kappa shape index (κ2) is 3.79. The summed E-state index contributed by atoms with van der Waals surface area (Å²) in [6.07, 6.45) is 0. The number of thiophene rings is 1. The van der Waals surface area contributed by atoms with Gasteiger partial charge in [0.05, 0.1) is 21.3 Å². The van der Waals surface area contributed by atoms with Gasteiger partial charge in [0.1, 0.15) is 0 Å². The summed E-state index contributed by atoms with van der Waals surface area (Å²) >= 11 is 4.95. The molecule has 4 heteroatoms. The van der Waals surface area contributed by atoms with E-state index in [0.29, 0.717) is 0 Å². The summed E-state index contributed by atoms with van der Waals surface area (Å²) in [5, 5.41) is 8.90. The molecule has 0 aromatic carbocycles. The van der Waals surface area contributed by atoms with Gasteiger partial charge in [-0.2, -0.15) is 5.26 Å². The molecule has 2 nitrogen and oxygen atoms in total. The summed E-state index contributed by atoms with van der Waals surface area (Å²) in [6, 6.07) is 5.91. The average Bonchev–Trinajstić information content (AvgIpc) is 2.50. The third-order valence-electron chi connectivity index (χ3n) is 1.97. The molecule has 1 rings (SSSR count). The minimum atomic E-state index is -0.510. The Balaban J connectivity index is 2.92. The van der Waals surface area contributed by atoms with Crippen LogP contribution >= 0.6 is 27.3 Å². The number of nitriles is 1. The van der Waals surface area contributed by atoms with E-state index in [1.165, 1.54) is 0 Å². The first kappa shape index (κ1) is 10.7. The van der Waals surface area contributed by atoms with E-state index in [9.17, 15) is 0 Å². The SMILES string of the molecule is CC(C)(C#N)C(N)c1ccc(Br)s1. The van der Waals surface area contributed by atoms with Gasteiger partial charge in [-0.3, -0.25) is 0 Å². The lowest BCUT2D eigenvalue weighted by Gasteiger charge is -2.22. The Labute approximate surface area is 90.5 Å². The van der Waals surface area contributed by atoms with E-state index in [4.69, 9.17) is 11.0 Å². The van der Waals surface area contributed by atoms with Gasteiger partial charge in [-0.1, -0.05) is 0 Å². The molecule has 0 bridgehead atoms. The van der Waals surface area contributed by atoms with Crippen molar-refractivity contribution in [1.29, 1.82) is 5.26 Å². The van der Waals surface area contributed by atoms with Gasteiger partial charge in [0.2, 0.25) is 0 Å². The average molecular weight is 259 g/mol. The minimum Gasteiger partial charge on any atom is -0.322 e. The number of nitrogens with two attached hydrogens (primary N) is 1. The molecule has 1 heterocycles. The fourth-order valence-corrected chi connectivity index (χ4v) is 2.53. The molecule has 0 fully saturated rings. The zero-order chi connectivity index (χ0) is 10.1. The predicted octanol–water partition coefficient (Wildman–Crippen LogP) is 3.06. The third-order valence-corrected chi connectivity index (χ3v) is 3.67. The molecule has 0 aliphatic carbocycles. The molecule has 13 heavy (non-hydrogen) atoms. The van der Waals surface area contributed by atoms with Gasteiger partial charge >= 0.3 is 0 Å². The van der Waals surface area contributed by atoms with Crippen molar-refractivity contribution in [2.75, 3.05) is 0 Å². The molecule has 0 amide bonds. The molecular weight excluding hydrogens is 248 g/mol. The van der Waals surface area contributed by atoms with Crippen LogP contribution in [-0.2, 0) is 0 Å². The molecule has 0 aliphatic heterocycles. The van der Waals surface area contributed by atoms with Gasteiger partial charge in [0.15, 0.2) is 0 Å². The van der Waals surface area contributed by atoms with E-state index in [1.807, 2.05) is 26.0 Å². The number of nitrogens with zero attached hydrogens (tertiary/aromatic N) is 1. The first-order chi connectivity index (χ1) is 5.97. The summed E-state index contributed by atoms with van der Waals surface area (Å²) < 4.78 is 1.05. The first-order valence-electron chi connectivity index (χ1n) is 3.89. The molecule has 1 unspecified atom stereocenters. The maximum Gasteiger partial charge on any atom is 0.0718 e. The standard InChI is InChI=1S/C9H11BrN2S/c1-9(2,5-11)8(12)6-3-4-7(10)13-6/h3-4,8H,12H2,1-2H3. The normalized spacial score (nSPS) is 13.8. The van der Waals surface area contributed by atoms with Crippen LogP contribution in [-0.4, -0.2) is 0 Å². The fraction of sp³-hybridized carbons (Fsp3) is 0.444. The highest BCUT2D eigenvalue weighted by Crippen LogP contribution is 2.35. The van der Waals surface area contributed by atoms with Gasteiger partial charge in [-0.15, -0.1) is 11.3 Å². The Kier molecular flexibility index (Phi) is 3.12. The smallest absolute Gasteiger partial charge is 0.0718 e. The Morgan fingerprint density at radius 3 is 2.62 bits per heavy atom. The topological polar surface area (TPSA) is 49.8 Å². The number of hydrogen-bond acceptors (Lipinski definition) is 3. The highest BCUT2D eigenvalue weighted by Gasteiger charge is 2.28. The molecule has 1 atom stereocenters. The van der Waals surface area contributed by atoms with Crippen molar-refractivity contribution in [1.82, 2.24) is 0 Å². The maximum absolute atomic E-state index is 8.90. The second-order valence-corrected chi connectivity index (χ2v) is 5.95. The molecule has 2 N–H and O–H groups in total. The van der Waals surface area contributed by atoms with E-state index >= 15 is 0 Å². The summed E-state index contributed by atoms with van der Waals surface area (Å²) in [5.74, 6) is 0. The molecule has 0 saturated heterocycles. The Morgan fingerprint density at radius 2 is 2.23 bits per heavy atom. The van der Waals surface area contributed by atoms with Crippen molar-refractivity contribution < 1.29 is 0 Å². The minimum absolute atomic E-state index is 0.214. The Hall–Kier alpha value is -0.370. The van der Waals surface area contributed by atoms with Gasteiger partial charge in [0, 0.05) is 4.88 Å². The fourth-order valence-electron chi connectivity index (χ4n) is 0.921. The largest absolute Gasteiger partial charge is 0.322 e. The lowest BCUT2D eigenvalue weighted by atomic mass is 9.86. The van der Waals surface area contributed by atoms with Crippen molar-refractivity contribution in [2.24, 2.45) is 11.1 Å². The van der Waals surface area contributed by atoms with Crippen LogP contribution in [0.5, 0.6) is 0 Å². The quantitative estimate of drug-likeness (QED) is 0.887. The third kappa shape index (κ3) is 2.31. The van der Waals surface area contributed by atoms with Gasteiger partial charge in [-0.05, 0) is 41.9 Å². The number of hydrogen-bond donors (Lipinski definition) is 1. The first-order valence-corrected chi connectivity index (χ1v) is 5.50. The number of halogens is 1. The monoisotopic (exact) mass is 258 g/mol. The molecule has 70 valence electrons. The molecule has 1 aromatic heterocycles. The zero-order valence-electron chi connectivity index (χ0n) is 7.54. The van der Waals surface area contributed by atoms with Crippen molar-refractivity contribution in [2.45, 2.75) is 19.9 Å². The van der Waals surface area contributed by atoms with Gasteiger partial charge in [0.25, 0.3) is 0 Å². The van der Waals surface area contributed by atoms with Crippen LogP contribution in [0.1, 0.15) is 24.8 Å². The van der Waals surface area contributed by atoms with E-state index in [-0.39, 0.29) is 6.04 Å². The molecule has 0 radical (unpaired) electrons. The molecular formula is C9H11BrN2S. The second-order valence-electron chi connectivity index (χ2n) is 3.45. The summed E-state index contributed by atoms with van der Waals surface area (Å²) in [6.45, 7) is 3.70. The Morgan fingerprint density at radius 1 is 1.62 bits per heavy atom. The molecule has 0 saturated carbocycles. The van der Waals surface area contributed by atoms with Crippen LogP contribution in [0, 0.1) is 16.7 Å². The Bertz CT molecular complexity index is 338. The van der Waals surface area contributed by atoms with Crippen LogP contribution in [0.15, 0.2) is 15.9 Å². The van der Waals surface area contributed by atoms with E-state index in [0.717, 1.165) is 8.66 Å². The maximum atomic E-state index is 8.90. The lowest BCUT2D eigenvalue weighted by Crippen LogP contribution is -2.26. The van der Waals surface area contributed by atoms with E-state index in [2.05, 4.69) is 22.0 Å². The van der Waals surface area contributed by atoms with Crippen molar-refractivity contribution >= 4 is 27.3 Å². The summed E-state index contributed by atoms with van der Waals surface area (Å²) in [4.78, 5) is 1.04. The van der Waals surface area contributed by atoms with Crippen LogP contribution in [0.2, 0.25) is 0 Å². The van der Waals surface area contributed by atoms with Crippen LogP contribution in [0.3, 0.4) is 0 Å². The van der Waals surface area contributed by atoms with E-state index < -0.39 is 5.41 Å². The zero-order valence-corrected chi connectivity index (χ0v) is 9.95. The van der Waals surface area contributed by atoms with Gasteiger partial charge in [-0.25, -0.2) is 0 Å². The van der Waals surface area contributed by atoms with Crippen molar-refractivity contribution in [3.05, 3.63) is 20.8 Å². The highest BCUT2D eigenvalue weighted by molar-refractivity contribution is 9.11. The van der Waals surface area contributed by atoms with Crippen LogP contribution < -0.4 is 5.73 Å².